The number of carbonyl (C=O) groups excluding carboxylic acids is 2. The maximum atomic E-state index is 14.2. The molecule has 33 heavy (non-hydrogen) atoms. The number of rotatable bonds is 6. The van der Waals surface area contributed by atoms with Crippen LogP contribution < -0.4 is 0 Å². The summed E-state index contributed by atoms with van der Waals surface area (Å²) in [5.74, 6) is -2.23. The number of unbranched alkanes of at least 4 members (excludes halogenated alkanes) is 2. The normalized spacial score (nSPS) is 45.2. The number of ketones is 1. The number of aliphatic hydroxyl groups excluding tert-OH is 3. The summed E-state index contributed by atoms with van der Waals surface area (Å²) < 4.78 is 6.18. The van der Waals surface area contributed by atoms with Crippen molar-refractivity contribution in [3.63, 3.8) is 0 Å². The summed E-state index contributed by atoms with van der Waals surface area (Å²) in [5, 5.41) is 44.1. The highest BCUT2D eigenvalue weighted by Gasteiger charge is 2.83. The van der Waals surface area contributed by atoms with Crippen LogP contribution in [0.4, 0.5) is 0 Å². The van der Waals surface area contributed by atoms with E-state index < -0.39 is 52.7 Å². The molecule has 4 aliphatic carbocycles. The molecule has 4 N–H and O–H groups in total. The number of esters is 1. The predicted molar refractivity (Wildman–Crippen MR) is 121 cm³/mol. The van der Waals surface area contributed by atoms with Gasteiger partial charge in [-0.2, -0.15) is 0 Å². The molecular formula is C26H38O7. The van der Waals surface area contributed by atoms with Gasteiger partial charge in [0, 0.05) is 23.7 Å². The van der Waals surface area contributed by atoms with E-state index in [2.05, 4.69) is 6.92 Å². The first-order valence-corrected chi connectivity index (χ1v) is 12.2. The molecule has 0 heterocycles. The molecule has 4 rings (SSSR count). The van der Waals surface area contributed by atoms with Crippen molar-refractivity contribution in [3.05, 3.63) is 23.3 Å². The van der Waals surface area contributed by atoms with Crippen molar-refractivity contribution in [2.24, 2.45) is 28.6 Å². The molecule has 8 atom stereocenters. The van der Waals surface area contributed by atoms with E-state index in [-0.39, 0.29) is 23.2 Å². The van der Waals surface area contributed by atoms with Crippen LogP contribution in [0.3, 0.4) is 0 Å². The number of hydrogen-bond acceptors (Lipinski definition) is 7. The van der Waals surface area contributed by atoms with Gasteiger partial charge in [-0.05, 0) is 36.8 Å². The number of fused-ring (bicyclic) bond motifs is 3. The molecule has 0 radical (unpaired) electrons. The van der Waals surface area contributed by atoms with Crippen molar-refractivity contribution in [1.82, 2.24) is 0 Å². The summed E-state index contributed by atoms with van der Waals surface area (Å²) >= 11 is 0. The number of aliphatic hydroxyl groups is 4. The van der Waals surface area contributed by atoms with E-state index in [0.29, 0.717) is 18.4 Å². The van der Waals surface area contributed by atoms with Gasteiger partial charge >= 0.3 is 5.97 Å². The lowest BCUT2D eigenvalue weighted by atomic mass is 9.59. The molecular weight excluding hydrogens is 424 g/mol. The van der Waals surface area contributed by atoms with Gasteiger partial charge in [0.25, 0.3) is 0 Å². The van der Waals surface area contributed by atoms with Gasteiger partial charge in [-0.1, -0.05) is 52.7 Å². The average Bonchev–Trinajstić information content (AvgIpc) is 3.16. The lowest BCUT2D eigenvalue weighted by Gasteiger charge is -2.48. The Morgan fingerprint density at radius 1 is 1.21 bits per heavy atom. The second-order valence-electron chi connectivity index (χ2n) is 11.3. The van der Waals surface area contributed by atoms with Gasteiger partial charge in [0.15, 0.2) is 5.78 Å². The third-order valence-electron chi connectivity index (χ3n) is 9.33. The van der Waals surface area contributed by atoms with Gasteiger partial charge < -0.3 is 25.2 Å². The Kier molecular flexibility index (Phi) is 5.76. The van der Waals surface area contributed by atoms with Gasteiger partial charge in [-0.3, -0.25) is 9.59 Å². The van der Waals surface area contributed by atoms with Crippen LogP contribution in [-0.4, -0.2) is 62.2 Å². The quantitative estimate of drug-likeness (QED) is 0.271. The second-order valence-corrected chi connectivity index (χ2v) is 11.3. The average molecular weight is 463 g/mol. The van der Waals surface area contributed by atoms with E-state index in [1.54, 1.807) is 19.1 Å². The zero-order chi connectivity index (χ0) is 24.6. The van der Waals surface area contributed by atoms with Gasteiger partial charge in [-0.15, -0.1) is 0 Å². The van der Waals surface area contributed by atoms with Gasteiger partial charge in [-0.25, -0.2) is 0 Å². The maximum absolute atomic E-state index is 14.2. The zero-order valence-electron chi connectivity index (χ0n) is 20.3. The minimum atomic E-state index is -2.20. The molecule has 2 saturated carbocycles. The first-order chi connectivity index (χ1) is 15.4. The van der Waals surface area contributed by atoms with E-state index in [4.69, 9.17) is 4.74 Å². The van der Waals surface area contributed by atoms with Gasteiger partial charge in [0.1, 0.15) is 23.4 Å². The lowest BCUT2D eigenvalue weighted by molar-refractivity contribution is -0.191. The van der Waals surface area contributed by atoms with Crippen molar-refractivity contribution in [1.29, 1.82) is 0 Å². The van der Waals surface area contributed by atoms with Crippen molar-refractivity contribution in [2.75, 3.05) is 6.61 Å². The fourth-order valence-corrected chi connectivity index (χ4v) is 7.50. The van der Waals surface area contributed by atoms with Crippen molar-refractivity contribution >= 4 is 11.8 Å². The van der Waals surface area contributed by atoms with E-state index in [9.17, 15) is 30.0 Å². The Balaban J connectivity index is 1.84. The Hall–Kier alpha value is -1.54. The summed E-state index contributed by atoms with van der Waals surface area (Å²) in [6, 6.07) is 0. The van der Waals surface area contributed by atoms with Gasteiger partial charge in [0.05, 0.1) is 12.0 Å². The van der Waals surface area contributed by atoms with E-state index in [1.807, 2.05) is 20.8 Å². The highest BCUT2D eigenvalue weighted by Crippen LogP contribution is 2.75. The molecule has 2 unspecified atom stereocenters. The first-order valence-electron chi connectivity index (χ1n) is 12.2. The molecule has 0 aliphatic heterocycles. The Morgan fingerprint density at radius 2 is 1.88 bits per heavy atom. The largest absolute Gasteiger partial charge is 0.458 e. The fourth-order valence-electron chi connectivity index (χ4n) is 7.50. The summed E-state index contributed by atoms with van der Waals surface area (Å²) in [6.07, 6.45) is 3.43. The topological polar surface area (TPSA) is 124 Å². The van der Waals surface area contributed by atoms with Crippen molar-refractivity contribution in [2.45, 2.75) is 90.1 Å². The molecule has 2 bridgehead atoms. The highest BCUT2D eigenvalue weighted by molar-refractivity contribution is 5.95. The molecule has 7 nitrogen and oxygen atoms in total. The SMILES string of the molecule is CCCCCC(=O)O[C@@]12CC(C)C34C=C(C)[C@H](O)[C@@]3(O)[C@H](O)C(CO)=C[C@H](C4=O)[C@@H]1C2(C)C. The summed E-state index contributed by atoms with van der Waals surface area (Å²) in [6.45, 7) is 8.94. The first kappa shape index (κ1) is 24.6. The third-order valence-corrected chi connectivity index (χ3v) is 9.33. The molecule has 7 heteroatoms. The fraction of sp³-hybridized carbons (Fsp3) is 0.769. The molecule has 0 saturated heterocycles. The minimum Gasteiger partial charge on any atom is -0.458 e. The highest BCUT2D eigenvalue weighted by atomic mass is 16.6. The van der Waals surface area contributed by atoms with Crippen LogP contribution in [0.15, 0.2) is 23.3 Å². The van der Waals surface area contributed by atoms with E-state index in [1.165, 1.54) is 0 Å². The standard InChI is InChI=1S/C26H38O7/c1-6-7-8-9-18(28)33-25-12-15(3)24-11-14(2)20(29)26(24,32)21(30)16(13-27)10-17(22(24)31)19(25)23(25,4)5/h10-11,15,17,19-21,27,29-30,32H,6-9,12-13H2,1-5H3/t15?,17-,19+,20-,21+,24?,25-,26+/m0/s1. The molecule has 0 aromatic heterocycles. The lowest BCUT2D eigenvalue weighted by Crippen LogP contribution is -2.65. The van der Waals surface area contributed by atoms with Crippen LogP contribution in [0.5, 0.6) is 0 Å². The number of ether oxygens (including phenoxy) is 1. The van der Waals surface area contributed by atoms with Crippen LogP contribution in [0.2, 0.25) is 0 Å². The van der Waals surface area contributed by atoms with Gasteiger partial charge in [0.2, 0.25) is 0 Å². The summed E-state index contributed by atoms with van der Waals surface area (Å²) in [7, 11) is 0. The van der Waals surface area contributed by atoms with Crippen molar-refractivity contribution in [3.8, 4) is 0 Å². The zero-order valence-corrected chi connectivity index (χ0v) is 20.3. The summed E-state index contributed by atoms with van der Waals surface area (Å²) in [5.41, 5.74) is -4.63. The Morgan fingerprint density at radius 3 is 2.48 bits per heavy atom. The molecule has 2 fully saturated rings. The molecule has 0 amide bonds. The van der Waals surface area contributed by atoms with Crippen LogP contribution in [0.1, 0.15) is 66.7 Å². The molecule has 0 aromatic carbocycles. The Bertz CT molecular complexity index is 920. The van der Waals surface area contributed by atoms with Crippen LogP contribution in [0.25, 0.3) is 0 Å². The van der Waals surface area contributed by atoms with Crippen molar-refractivity contribution < 1.29 is 34.8 Å². The second kappa shape index (κ2) is 7.74. The number of carbonyl (C=O) groups is 2. The molecule has 184 valence electrons. The van der Waals surface area contributed by atoms with E-state index >= 15 is 0 Å². The molecule has 4 aliphatic rings. The van der Waals surface area contributed by atoms with Crippen LogP contribution >= 0.6 is 0 Å². The number of hydrogen-bond donors (Lipinski definition) is 4. The van der Waals surface area contributed by atoms with Crippen LogP contribution in [0, 0.1) is 28.6 Å². The maximum Gasteiger partial charge on any atom is 0.306 e. The third kappa shape index (κ3) is 2.89. The monoisotopic (exact) mass is 462 g/mol. The smallest absolute Gasteiger partial charge is 0.306 e. The van der Waals surface area contributed by atoms with E-state index in [0.717, 1.165) is 19.3 Å². The molecule has 0 aromatic rings. The Labute approximate surface area is 195 Å². The predicted octanol–water partition coefficient (Wildman–Crippen LogP) is 2.06. The summed E-state index contributed by atoms with van der Waals surface area (Å²) in [4.78, 5) is 27.1. The van der Waals surface area contributed by atoms with Crippen LogP contribution in [-0.2, 0) is 14.3 Å². The molecule has 1 spiro atoms. The number of Topliss-reactive ketones (excluding diaryl/α,β-unsaturated/α-hetero) is 1. The minimum absolute atomic E-state index is 0.111. The number of allylic oxidation sites excluding steroid dienone is 1.